The highest BCUT2D eigenvalue weighted by atomic mass is 32.2. The molecule has 1 rings (SSSR count). The number of nitrogens with one attached hydrogen (secondary N) is 1. The van der Waals surface area contributed by atoms with Crippen LogP contribution in [0.25, 0.3) is 0 Å². The molecule has 0 aliphatic heterocycles. The second-order valence-corrected chi connectivity index (χ2v) is 7.75. The summed E-state index contributed by atoms with van der Waals surface area (Å²) < 4.78 is 61.9. The third kappa shape index (κ3) is 3.96. The lowest BCUT2D eigenvalue weighted by Gasteiger charge is -2.14. The summed E-state index contributed by atoms with van der Waals surface area (Å²) in [6, 6.07) is 1.14. The summed E-state index contributed by atoms with van der Waals surface area (Å²) in [4.78, 5) is -1.23. The van der Waals surface area contributed by atoms with Crippen LogP contribution in [0.3, 0.4) is 0 Å². The van der Waals surface area contributed by atoms with Crippen LogP contribution in [-0.4, -0.2) is 52.6 Å². The van der Waals surface area contributed by atoms with E-state index in [-0.39, 0.29) is 4.90 Å². The molecule has 1 aromatic rings. The number of hydrogen-bond acceptors (Lipinski definition) is 6. The van der Waals surface area contributed by atoms with E-state index in [9.17, 15) is 21.2 Å². The van der Waals surface area contributed by atoms with Crippen molar-refractivity contribution in [1.82, 2.24) is 4.72 Å². The van der Waals surface area contributed by atoms with Crippen molar-refractivity contribution in [1.29, 1.82) is 0 Å². The minimum Gasteiger partial charge on any atom is -0.395 e. The van der Waals surface area contributed by atoms with Crippen LogP contribution in [0.2, 0.25) is 0 Å². The zero-order valence-electron chi connectivity index (χ0n) is 10.4. The molecule has 114 valence electrons. The number of sulfonamides is 1. The third-order valence-electron chi connectivity index (χ3n) is 2.38. The zero-order chi connectivity index (χ0) is 15.6. The first-order chi connectivity index (χ1) is 9.11. The van der Waals surface area contributed by atoms with Crippen LogP contribution in [-0.2, 0) is 19.9 Å². The molecule has 0 saturated carbocycles. The maximum atomic E-state index is 13.6. The molecule has 0 saturated heterocycles. The van der Waals surface area contributed by atoms with Crippen LogP contribution in [0.15, 0.2) is 28.0 Å². The van der Waals surface area contributed by atoms with Crippen LogP contribution in [0, 0.1) is 5.82 Å². The lowest BCUT2D eigenvalue weighted by atomic mass is 10.3. The molecule has 0 spiro atoms. The van der Waals surface area contributed by atoms with Crippen molar-refractivity contribution in [3.05, 3.63) is 24.0 Å². The Morgan fingerprint density at radius 2 is 1.75 bits per heavy atom. The first-order valence-electron chi connectivity index (χ1n) is 5.35. The van der Waals surface area contributed by atoms with Gasteiger partial charge >= 0.3 is 0 Å². The molecular formula is C10H14FNO6S2. The van der Waals surface area contributed by atoms with E-state index in [0.29, 0.717) is 6.07 Å². The van der Waals surface area contributed by atoms with Crippen LogP contribution in [0.1, 0.15) is 0 Å². The van der Waals surface area contributed by atoms with Gasteiger partial charge < -0.3 is 10.2 Å². The maximum absolute atomic E-state index is 13.6. The number of aliphatic hydroxyl groups excluding tert-OH is 2. The fourth-order valence-corrected chi connectivity index (χ4v) is 3.38. The summed E-state index contributed by atoms with van der Waals surface area (Å²) in [6.07, 6.45) is 0.855. The van der Waals surface area contributed by atoms with Crippen molar-refractivity contribution in [2.45, 2.75) is 15.8 Å². The van der Waals surface area contributed by atoms with Gasteiger partial charge in [0, 0.05) is 6.26 Å². The van der Waals surface area contributed by atoms with E-state index in [1.165, 1.54) is 0 Å². The van der Waals surface area contributed by atoms with E-state index in [1.807, 2.05) is 4.72 Å². The number of hydrogen-bond donors (Lipinski definition) is 3. The Kier molecular flexibility index (Phi) is 5.21. The minimum absolute atomic E-state index is 0.358. The number of benzene rings is 1. The Balaban J connectivity index is 3.31. The number of rotatable bonds is 6. The number of halogens is 1. The molecule has 20 heavy (non-hydrogen) atoms. The molecule has 0 aliphatic carbocycles. The highest BCUT2D eigenvalue weighted by Gasteiger charge is 2.24. The highest BCUT2D eigenvalue weighted by Crippen LogP contribution is 2.19. The summed E-state index contributed by atoms with van der Waals surface area (Å²) in [6.45, 7) is -1.38. The molecule has 0 unspecified atom stereocenters. The van der Waals surface area contributed by atoms with Crippen LogP contribution < -0.4 is 4.72 Å². The summed E-state index contributed by atoms with van der Waals surface area (Å²) in [7, 11) is -8.11. The van der Waals surface area contributed by atoms with E-state index < -0.39 is 49.8 Å². The SMILES string of the molecule is CS(=O)(=O)c1ccc(F)c(S(=O)(=O)NC(CO)CO)c1. The Labute approximate surface area is 116 Å². The highest BCUT2D eigenvalue weighted by molar-refractivity contribution is 7.91. The molecule has 0 amide bonds. The van der Waals surface area contributed by atoms with Crippen molar-refractivity contribution >= 4 is 19.9 Å². The van der Waals surface area contributed by atoms with Crippen LogP contribution >= 0.6 is 0 Å². The molecule has 1 aromatic carbocycles. The summed E-state index contributed by atoms with van der Waals surface area (Å²) in [5, 5.41) is 17.6. The Morgan fingerprint density at radius 1 is 1.20 bits per heavy atom. The van der Waals surface area contributed by atoms with Gasteiger partial charge in [0.1, 0.15) is 10.7 Å². The van der Waals surface area contributed by atoms with E-state index >= 15 is 0 Å². The summed E-state index contributed by atoms with van der Waals surface area (Å²) in [5.74, 6) is -1.14. The van der Waals surface area contributed by atoms with Gasteiger partial charge in [-0.15, -0.1) is 0 Å². The molecule has 3 N–H and O–H groups in total. The summed E-state index contributed by atoms with van der Waals surface area (Å²) in [5.41, 5.74) is 0. The molecule has 7 nitrogen and oxygen atoms in total. The molecule has 10 heteroatoms. The van der Waals surface area contributed by atoms with E-state index in [4.69, 9.17) is 10.2 Å². The number of sulfone groups is 1. The minimum atomic E-state index is -4.41. The topological polar surface area (TPSA) is 121 Å². The molecule has 0 bridgehead atoms. The monoisotopic (exact) mass is 327 g/mol. The molecule has 0 radical (unpaired) electrons. The van der Waals surface area contributed by atoms with Gasteiger partial charge in [-0.3, -0.25) is 0 Å². The predicted molar refractivity (Wildman–Crippen MR) is 67.8 cm³/mol. The Bertz CT molecular complexity index is 682. The smallest absolute Gasteiger partial charge is 0.243 e. The van der Waals surface area contributed by atoms with E-state index in [0.717, 1.165) is 18.4 Å². The number of aliphatic hydroxyl groups is 2. The molecule has 0 heterocycles. The quantitative estimate of drug-likeness (QED) is 0.568. The predicted octanol–water partition coefficient (Wildman–Crippen LogP) is -1.14. The van der Waals surface area contributed by atoms with Gasteiger partial charge in [-0.2, -0.15) is 0 Å². The first kappa shape index (κ1) is 17.0. The third-order valence-corrected chi connectivity index (χ3v) is 5.03. The molecule has 0 aliphatic rings. The Morgan fingerprint density at radius 3 is 2.20 bits per heavy atom. The first-order valence-corrected chi connectivity index (χ1v) is 8.73. The largest absolute Gasteiger partial charge is 0.395 e. The van der Waals surface area contributed by atoms with Gasteiger partial charge in [-0.05, 0) is 18.2 Å². The van der Waals surface area contributed by atoms with Crippen molar-refractivity contribution in [2.24, 2.45) is 0 Å². The van der Waals surface area contributed by atoms with Gasteiger partial charge in [0.15, 0.2) is 9.84 Å². The lowest BCUT2D eigenvalue weighted by Crippen LogP contribution is -2.40. The second kappa shape index (κ2) is 6.14. The summed E-state index contributed by atoms with van der Waals surface area (Å²) >= 11 is 0. The van der Waals surface area contributed by atoms with Gasteiger partial charge in [-0.1, -0.05) is 0 Å². The standard InChI is InChI=1S/C10H14FNO6S2/c1-19(15,16)8-2-3-9(11)10(4-8)20(17,18)12-7(5-13)6-14/h2-4,7,12-14H,5-6H2,1H3. The van der Waals surface area contributed by atoms with Crippen molar-refractivity contribution < 1.29 is 31.4 Å². The second-order valence-electron chi connectivity index (χ2n) is 4.05. The normalized spacial score (nSPS) is 12.8. The molecule has 0 aromatic heterocycles. The lowest BCUT2D eigenvalue weighted by molar-refractivity contribution is 0.185. The average molecular weight is 327 g/mol. The van der Waals surface area contributed by atoms with Gasteiger partial charge in [0.2, 0.25) is 10.0 Å². The van der Waals surface area contributed by atoms with E-state index in [2.05, 4.69) is 0 Å². The van der Waals surface area contributed by atoms with Crippen molar-refractivity contribution in [3.8, 4) is 0 Å². The van der Waals surface area contributed by atoms with E-state index in [1.54, 1.807) is 0 Å². The van der Waals surface area contributed by atoms with Gasteiger partial charge in [0.25, 0.3) is 0 Å². The Hall–Kier alpha value is -1.07. The van der Waals surface area contributed by atoms with Crippen LogP contribution in [0.4, 0.5) is 4.39 Å². The zero-order valence-corrected chi connectivity index (χ0v) is 12.1. The fourth-order valence-electron chi connectivity index (χ4n) is 1.34. The molecule has 0 atom stereocenters. The van der Waals surface area contributed by atoms with Gasteiger partial charge in [-0.25, -0.2) is 25.9 Å². The maximum Gasteiger partial charge on any atom is 0.243 e. The molecular weight excluding hydrogens is 313 g/mol. The fraction of sp³-hybridized carbons (Fsp3) is 0.400. The average Bonchev–Trinajstić information content (AvgIpc) is 2.34. The van der Waals surface area contributed by atoms with Gasteiger partial charge in [0.05, 0.1) is 24.2 Å². The van der Waals surface area contributed by atoms with Crippen molar-refractivity contribution in [3.63, 3.8) is 0 Å². The van der Waals surface area contributed by atoms with Crippen LogP contribution in [0.5, 0.6) is 0 Å². The van der Waals surface area contributed by atoms with Crippen molar-refractivity contribution in [2.75, 3.05) is 19.5 Å². The molecule has 0 fully saturated rings.